The quantitative estimate of drug-likeness (QED) is 0.109. The van der Waals surface area contributed by atoms with Crippen LogP contribution in [0.3, 0.4) is 0 Å². The summed E-state index contributed by atoms with van der Waals surface area (Å²) in [5, 5.41) is 42.5. The maximum atomic E-state index is 11.2. The van der Waals surface area contributed by atoms with E-state index in [0.717, 1.165) is 62.7 Å². The fourth-order valence-electron chi connectivity index (χ4n) is 12.2. The topological polar surface area (TPSA) is 266 Å². The van der Waals surface area contributed by atoms with Crippen molar-refractivity contribution in [2.45, 2.75) is 349 Å². The van der Waals surface area contributed by atoms with Gasteiger partial charge < -0.3 is 5.21 Å². The molecule has 1 aliphatic rings. The number of benzene rings is 1. The first-order chi connectivity index (χ1) is 61.7. The summed E-state index contributed by atoms with van der Waals surface area (Å²) < 4.78 is 8.51. The van der Waals surface area contributed by atoms with E-state index < -0.39 is 0 Å². The largest absolute Gasteiger partial charge is 0.618 e. The van der Waals surface area contributed by atoms with Crippen molar-refractivity contribution in [1.29, 1.82) is 0 Å². The molecular weight excluding hydrogens is 1690 g/mol. The number of aliphatic imine (C=N–C) groups is 1. The number of fused-ring (bicyclic) bond motifs is 1. The molecule has 0 saturated carbocycles. The third kappa shape index (κ3) is 46.3. The highest BCUT2D eigenvalue weighted by Gasteiger charge is 2.31. The molecule has 0 amide bonds. The van der Waals surface area contributed by atoms with Crippen LogP contribution in [0, 0.1) is 24.5 Å². The summed E-state index contributed by atoms with van der Waals surface area (Å²) >= 11 is 1.72. The van der Waals surface area contributed by atoms with Gasteiger partial charge >= 0.3 is 0 Å². The van der Waals surface area contributed by atoms with E-state index in [4.69, 9.17) is 0 Å². The van der Waals surface area contributed by atoms with Crippen LogP contribution in [-0.2, 0) is 86.1 Å². The minimum atomic E-state index is -0.0665. The zero-order valence-corrected chi connectivity index (χ0v) is 92.4. The van der Waals surface area contributed by atoms with Gasteiger partial charge in [-0.1, -0.05) is 301 Å². The molecule has 1 N–H and O–H groups in total. The molecule has 23 nitrogen and oxygen atoms in total. The SMILES string of the molecule is CC(C)(C)c1cccc[n+]1[O-].CC(C)(C)c1ccccn1.CC(C)(C)c1ccccn1.CC(C)(C)c1ccn[nH]1.CC(C)(C)c1ccncn1.CC(C)(C)c1ncccn1.CC(C)(C)c1nccs1.C[N+]1=CCN=C1C(C)(C)C.Cc1cccc(C(C)(C)C)n1.Cc1ccncc1C(C)(C)C.Cn1cc(C(C)(C)C)nn1.Cn1nc(C(C)(C)C)c2ccccc21.Cn1nncc1C(C)(C)C. The van der Waals surface area contributed by atoms with Gasteiger partial charge in [-0.2, -0.15) is 14.9 Å². The molecule has 0 unspecified atom stereocenters. The summed E-state index contributed by atoms with van der Waals surface area (Å²) in [6, 6.07) is 39.9. The molecule has 1 aliphatic heterocycles. The maximum absolute atomic E-state index is 11.2. The van der Waals surface area contributed by atoms with Crippen molar-refractivity contribution in [1.82, 2.24) is 94.8 Å². The Labute approximate surface area is 818 Å². The standard InChI is InChI=1S/C12H16N2.2C10H15N.C9H13NO.2C9H13N.C8H15N2.2C8H12N2.2C7H13N3.C7H12N2.C7H11NS/c1-12(2,3)11-9-7-5-6-8-10(9)14(4)13-11;1-8-5-6-11-7-9(8)10(2,3)4;1-8-6-5-7-9(11-8)10(2,3)4;1-9(2,3)8-6-4-5-7-10(8)11;2*1-9(2,3)8-6-4-5-7-10-8;1-8(2,3)7-9-5-6-10(7)4;1-8(2,3)7-4-5-9-6-10-7;1-8(2,3)7-9-5-4-6-10-7;1-7(2,3)6-5-10(4)9-8-6;1-7(2,3)6-5-8-9-10(6)4;1-7(2,3)6-4-5-8-9-6;1-7(2,3)6-8-4-5-9-6/h5-8H,1-4H3;2*5-7H,1-4H3;4-7H,1-3H3;2*4-7H,1-3H3;6H,5H2,1-4H3;2*4-6H,1-3H3;2*5H,1-4H3;4-5H,1-3H3,(H,8,9);4-5H,1-3H3/q;;;;;;+1;;;;;;. The summed E-state index contributed by atoms with van der Waals surface area (Å²) in [6.45, 7) is 88.8. The van der Waals surface area contributed by atoms with Crippen LogP contribution in [0.2, 0.25) is 0 Å². The lowest BCUT2D eigenvalue weighted by atomic mass is 9.86. The fraction of sp³-hybridized carbons (Fsp3) is 0.532. The summed E-state index contributed by atoms with van der Waals surface area (Å²) in [5.74, 6) is 2.09. The molecule has 24 heteroatoms. The lowest BCUT2D eigenvalue weighted by Crippen LogP contribution is -2.37. The average Bonchev–Trinajstić information content (AvgIpc) is 1.63. The van der Waals surface area contributed by atoms with Gasteiger partial charge in [0.2, 0.25) is 0 Å². The van der Waals surface area contributed by atoms with E-state index in [1.54, 1.807) is 64.1 Å². The number of aromatic nitrogens is 20. The minimum absolute atomic E-state index is 0.0665. The number of aromatic amines is 1. The number of para-hydroxylation sites is 1. The van der Waals surface area contributed by atoms with Crippen LogP contribution in [0.15, 0.2) is 212 Å². The number of nitrogens with one attached hydrogen (secondary N) is 1. The fourth-order valence-corrected chi connectivity index (χ4v) is 12.9. The highest BCUT2D eigenvalue weighted by Crippen LogP contribution is 2.31. The number of hydrogen-bond acceptors (Lipinski definition) is 18. The molecule has 13 heterocycles. The lowest BCUT2D eigenvalue weighted by molar-refractivity contribution is -0.617. The van der Waals surface area contributed by atoms with Crippen molar-refractivity contribution in [2.24, 2.45) is 31.6 Å². The van der Waals surface area contributed by atoms with Gasteiger partial charge in [-0.05, 0) is 124 Å². The summed E-state index contributed by atoms with van der Waals surface area (Å²) in [6.07, 6.45) is 25.4. The molecule has 1 aromatic carbocycles. The highest BCUT2D eigenvalue weighted by molar-refractivity contribution is 7.09. The first kappa shape index (κ1) is 120. The zero-order chi connectivity index (χ0) is 103. The smallest absolute Gasteiger partial charge is 0.297 e. The first-order valence-electron chi connectivity index (χ1n) is 46.8. The first-order valence-corrected chi connectivity index (χ1v) is 47.6. The van der Waals surface area contributed by atoms with Crippen molar-refractivity contribution in [2.75, 3.05) is 13.6 Å². The van der Waals surface area contributed by atoms with Crippen molar-refractivity contribution in [3.63, 3.8) is 0 Å². The second-order valence-electron chi connectivity index (χ2n) is 46.9. The van der Waals surface area contributed by atoms with Crippen LogP contribution in [0.4, 0.5) is 0 Å². The molecule has 0 bridgehead atoms. The average molecular weight is 1860 g/mol. The van der Waals surface area contributed by atoms with E-state index in [0.29, 0.717) is 0 Å². The molecule has 12 aromatic heterocycles. The number of pyridine rings is 5. The number of rotatable bonds is 0. The Hall–Kier alpha value is -11.1. The Balaban J connectivity index is 0.000000495. The molecule has 0 spiro atoms. The van der Waals surface area contributed by atoms with E-state index >= 15 is 0 Å². The van der Waals surface area contributed by atoms with Gasteiger partial charge in [-0.3, -0.25) is 39.1 Å². The number of thiazole rings is 1. The Morgan fingerprint density at radius 1 is 0.407 bits per heavy atom. The van der Waals surface area contributed by atoms with E-state index in [9.17, 15) is 5.21 Å². The monoisotopic (exact) mass is 1860 g/mol. The number of amidine groups is 1. The molecule has 13 aromatic rings. The van der Waals surface area contributed by atoms with Crippen LogP contribution < -0.4 is 4.73 Å². The predicted molar refractivity (Wildman–Crippen MR) is 568 cm³/mol. The third-order valence-corrected chi connectivity index (χ3v) is 21.1. The maximum Gasteiger partial charge on any atom is 0.297 e. The van der Waals surface area contributed by atoms with Crippen molar-refractivity contribution < 1.29 is 9.31 Å². The van der Waals surface area contributed by atoms with Gasteiger partial charge in [0, 0.05) is 200 Å². The van der Waals surface area contributed by atoms with E-state index in [2.05, 4.69) is 414 Å². The number of H-pyrrole nitrogens is 1. The van der Waals surface area contributed by atoms with Crippen LogP contribution >= 0.6 is 11.3 Å². The molecule has 135 heavy (non-hydrogen) atoms. The van der Waals surface area contributed by atoms with Gasteiger partial charge in [0.25, 0.3) is 5.84 Å². The summed E-state index contributed by atoms with van der Waals surface area (Å²) in [5.41, 5.74) is 16.8. The Morgan fingerprint density at radius 3 is 1.22 bits per heavy atom. The molecule has 0 atom stereocenters. The van der Waals surface area contributed by atoms with Crippen LogP contribution in [-0.4, -0.2) is 125 Å². The Kier molecular flexibility index (Phi) is 46.4. The number of aryl methyl sites for hydroxylation is 5. The lowest BCUT2D eigenvalue weighted by Gasteiger charge is -2.20. The van der Waals surface area contributed by atoms with E-state index in [1.807, 2.05) is 157 Å². The van der Waals surface area contributed by atoms with Crippen molar-refractivity contribution in [3.05, 3.63) is 292 Å². The van der Waals surface area contributed by atoms with Crippen molar-refractivity contribution >= 4 is 34.3 Å². The molecule has 0 saturated heterocycles. The molecule has 0 fully saturated rings. The second-order valence-corrected chi connectivity index (χ2v) is 47.8. The van der Waals surface area contributed by atoms with E-state index in [1.165, 1.54) is 50.5 Å². The summed E-state index contributed by atoms with van der Waals surface area (Å²) in [4.78, 5) is 41.9. The Morgan fingerprint density at radius 2 is 0.926 bits per heavy atom. The molecular formula is C111H173N22OS+. The van der Waals surface area contributed by atoms with Gasteiger partial charge in [0.1, 0.15) is 18.4 Å². The second kappa shape index (κ2) is 52.3. The highest BCUT2D eigenvalue weighted by atomic mass is 32.1. The van der Waals surface area contributed by atoms with Crippen LogP contribution in [0.25, 0.3) is 10.9 Å². The molecule has 0 aliphatic carbocycles. The third-order valence-electron chi connectivity index (χ3n) is 19.9. The Bertz CT molecular complexity index is 5210. The van der Waals surface area contributed by atoms with Gasteiger partial charge in [0.15, 0.2) is 18.4 Å². The summed E-state index contributed by atoms with van der Waals surface area (Å²) in [7, 11) is 7.84. The minimum Gasteiger partial charge on any atom is -0.618 e. The van der Waals surface area contributed by atoms with Crippen LogP contribution in [0.5, 0.6) is 0 Å². The van der Waals surface area contributed by atoms with Gasteiger partial charge in [-0.25, -0.2) is 29.5 Å². The molecule has 0 radical (unpaired) electrons. The molecule has 14 rings (SSSR count). The van der Waals surface area contributed by atoms with Gasteiger partial charge in [0.05, 0.1) is 46.3 Å². The predicted octanol–water partition coefficient (Wildman–Crippen LogP) is 25.7. The normalized spacial score (nSPS) is 12.3. The van der Waals surface area contributed by atoms with Crippen LogP contribution in [0.1, 0.15) is 349 Å². The van der Waals surface area contributed by atoms with Crippen molar-refractivity contribution in [3.8, 4) is 0 Å². The van der Waals surface area contributed by atoms with Gasteiger partial charge in [-0.15, -0.1) is 21.5 Å². The molecule has 738 valence electrons. The number of hydrogen-bond donors (Lipinski definition) is 1. The zero-order valence-electron chi connectivity index (χ0n) is 91.6. The van der Waals surface area contributed by atoms with E-state index in [-0.39, 0.29) is 70.4 Å². The number of nitrogens with zero attached hydrogens (tertiary/aromatic N) is 21.